The second kappa shape index (κ2) is 10.7. The number of para-hydroxylation sites is 1. The van der Waals surface area contributed by atoms with Crippen molar-refractivity contribution in [1.82, 2.24) is 10.6 Å². The van der Waals surface area contributed by atoms with Crippen LogP contribution in [0.2, 0.25) is 0 Å². The van der Waals surface area contributed by atoms with E-state index in [-0.39, 0.29) is 11.0 Å². The summed E-state index contributed by atoms with van der Waals surface area (Å²) in [5.41, 5.74) is 2.22. The van der Waals surface area contributed by atoms with Gasteiger partial charge in [-0.05, 0) is 48.1 Å². The van der Waals surface area contributed by atoms with E-state index in [9.17, 15) is 9.59 Å². The molecule has 31 heavy (non-hydrogen) atoms. The number of hydrogen-bond acceptors (Lipinski definition) is 4. The Labute approximate surface area is 194 Å². The van der Waals surface area contributed by atoms with Gasteiger partial charge >= 0.3 is 0 Å². The van der Waals surface area contributed by atoms with Gasteiger partial charge in [-0.25, -0.2) is 0 Å². The fourth-order valence-corrected chi connectivity index (χ4v) is 3.41. The van der Waals surface area contributed by atoms with Crippen LogP contribution in [0.5, 0.6) is 5.75 Å². The number of rotatable bonds is 6. The van der Waals surface area contributed by atoms with Gasteiger partial charge in [0.05, 0.1) is 23.9 Å². The van der Waals surface area contributed by atoms with Crippen molar-refractivity contribution in [2.75, 3.05) is 12.4 Å². The Morgan fingerprint density at radius 3 is 2.39 bits per heavy atom. The summed E-state index contributed by atoms with van der Waals surface area (Å²) < 4.78 is 5.97. The molecule has 0 bridgehead atoms. The Morgan fingerprint density at radius 1 is 0.935 bits per heavy atom. The van der Waals surface area contributed by atoms with Crippen LogP contribution in [0.4, 0.5) is 5.69 Å². The van der Waals surface area contributed by atoms with Crippen molar-refractivity contribution in [2.24, 2.45) is 0 Å². The summed E-state index contributed by atoms with van der Waals surface area (Å²) in [7, 11) is 1.49. The average molecular weight is 498 g/mol. The number of thiocarbonyl (C=S) groups is 1. The largest absolute Gasteiger partial charge is 0.496 e. The van der Waals surface area contributed by atoms with Crippen molar-refractivity contribution < 1.29 is 14.3 Å². The van der Waals surface area contributed by atoms with E-state index < -0.39 is 5.91 Å². The molecule has 0 saturated heterocycles. The minimum Gasteiger partial charge on any atom is -0.496 e. The molecule has 0 unspecified atom stereocenters. The monoisotopic (exact) mass is 497 g/mol. The van der Waals surface area contributed by atoms with E-state index in [1.807, 2.05) is 30.3 Å². The van der Waals surface area contributed by atoms with E-state index in [2.05, 4.69) is 31.9 Å². The number of carbonyl (C=O) groups excluding carboxylic acids is 2. The van der Waals surface area contributed by atoms with Crippen LogP contribution in [0.3, 0.4) is 0 Å². The molecule has 0 radical (unpaired) electrons. The number of nitrogens with one attached hydrogen (secondary N) is 3. The molecule has 8 heteroatoms. The quantitative estimate of drug-likeness (QED) is 0.436. The van der Waals surface area contributed by atoms with Crippen molar-refractivity contribution in [3.05, 3.63) is 94.0 Å². The lowest BCUT2D eigenvalue weighted by Crippen LogP contribution is -2.35. The maximum absolute atomic E-state index is 12.7. The molecule has 0 aromatic heterocycles. The van der Waals surface area contributed by atoms with E-state index in [1.165, 1.54) is 7.11 Å². The van der Waals surface area contributed by atoms with Gasteiger partial charge in [-0.15, -0.1) is 0 Å². The van der Waals surface area contributed by atoms with Gasteiger partial charge in [-0.1, -0.05) is 58.4 Å². The third-order valence-electron chi connectivity index (χ3n) is 4.35. The summed E-state index contributed by atoms with van der Waals surface area (Å²) in [6, 6.07) is 21.7. The van der Waals surface area contributed by atoms with Crippen LogP contribution in [0.15, 0.2) is 77.3 Å². The number of halogens is 1. The first-order chi connectivity index (χ1) is 15.0. The molecule has 0 aliphatic heterocycles. The first kappa shape index (κ1) is 22.5. The third-order valence-corrected chi connectivity index (χ3v) is 5.05. The van der Waals surface area contributed by atoms with Crippen molar-refractivity contribution >= 4 is 50.8 Å². The maximum Gasteiger partial charge on any atom is 0.261 e. The smallest absolute Gasteiger partial charge is 0.261 e. The van der Waals surface area contributed by atoms with E-state index in [1.54, 1.807) is 42.5 Å². The minimum atomic E-state index is -0.429. The lowest BCUT2D eigenvalue weighted by atomic mass is 10.1. The van der Waals surface area contributed by atoms with Crippen LogP contribution in [-0.2, 0) is 6.54 Å². The standard InChI is InChI=1S/C23H20BrN3O3S/c1-30-20-12-11-16(24)13-18(20)22(29)27-23(31)26-19-10-6-5-9-17(19)21(28)25-14-15-7-3-2-4-8-15/h2-13H,14H2,1H3,(H,25,28)(H2,26,27,29,31). The highest BCUT2D eigenvalue weighted by Gasteiger charge is 2.16. The maximum atomic E-state index is 12.7. The van der Waals surface area contributed by atoms with Gasteiger partial charge in [-0.2, -0.15) is 0 Å². The van der Waals surface area contributed by atoms with Gasteiger partial charge in [-0.3, -0.25) is 14.9 Å². The highest BCUT2D eigenvalue weighted by Crippen LogP contribution is 2.23. The zero-order valence-electron chi connectivity index (χ0n) is 16.6. The lowest BCUT2D eigenvalue weighted by Gasteiger charge is -2.14. The first-order valence-electron chi connectivity index (χ1n) is 9.35. The van der Waals surface area contributed by atoms with Crippen LogP contribution in [0.25, 0.3) is 0 Å². The minimum absolute atomic E-state index is 0.0651. The molecule has 3 aromatic carbocycles. The second-order valence-corrected chi connectivity index (χ2v) is 7.79. The van der Waals surface area contributed by atoms with E-state index in [0.29, 0.717) is 29.1 Å². The predicted octanol–water partition coefficient (Wildman–Crippen LogP) is 4.51. The summed E-state index contributed by atoms with van der Waals surface area (Å²) in [5.74, 6) is -0.263. The summed E-state index contributed by atoms with van der Waals surface area (Å²) in [5, 5.41) is 8.50. The molecular weight excluding hydrogens is 478 g/mol. The van der Waals surface area contributed by atoms with Crippen LogP contribution < -0.4 is 20.7 Å². The Balaban J connectivity index is 1.67. The zero-order chi connectivity index (χ0) is 22.2. The fourth-order valence-electron chi connectivity index (χ4n) is 2.85. The van der Waals surface area contributed by atoms with E-state index >= 15 is 0 Å². The Kier molecular flexibility index (Phi) is 7.75. The topological polar surface area (TPSA) is 79.5 Å². The van der Waals surface area contributed by atoms with Crippen molar-refractivity contribution in [3.63, 3.8) is 0 Å². The van der Waals surface area contributed by atoms with Crippen LogP contribution in [0.1, 0.15) is 26.3 Å². The number of methoxy groups -OCH3 is 1. The molecule has 3 N–H and O–H groups in total. The molecule has 2 amide bonds. The molecule has 3 rings (SSSR count). The van der Waals surface area contributed by atoms with Gasteiger partial charge in [0.1, 0.15) is 5.75 Å². The molecule has 0 heterocycles. The third kappa shape index (κ3) is 6.13. The molecule has 0 aliphatic carbocycles. The molecule has 0 aliphatic rings. The molecular formula is C23H20BrN3O3S. The Hall–Kier alpha value is -3.23. The summed E-state index contributed by atoms with van der Waals surface area (Å²) in [6.45, 7) is 0.401. The average Bonchev–Trinajstić information content (AvgIpc) is 2.78. The second-order valence-electron chi connectivity index (χ2n) is 6.47. The molecule has 0 atom stereocenters. The number of anilines is 1. The van der Waals surface area contributed by atoms with Gasteiger partial charge in [0.25, 0.3) is 11.8 Å². The van der Waals surface area contributed by atoms with Gasteiger partial charge in [0.2, 0.25) is 0 Å². The molecule has 3 aromatic rings. The molecule has 6 nitrogen and oxygen atoms in total. The van der Waals surface area contributed by atoms with E-state index in [4.69, 9.17) is 17.0 Å². The summed E-state index contributed by atoms with van der Waals surface area (Å²) in [6.07, 6.45) is 0. The molecule has 0 fully saturated rings. The highest BCUT2D eigenvalue weighted by atomic mass is 79.9. The lowest BCUT2D eigenvalue weighted by molar-refractivity contribution is 0.0949. The normalized spacial score (nSPS) is 10.1. The molecule has 0 spiro atoms. The van der Waals surface area contributed by atoms with Crippen molar-refractivity contribution in [3.8, 4) is 5.75 Å². The van der Waals surface area contributed by atoms with Crippen LogP contribution in [-0.4, -0.2) is 24.0 Å². The van der Waals surface area contributed by atoms with Gasteiger partial charge < -0.3 is 15.4 Å². The van der Waals surface area contributed by atoms with Crippen LogP contribution in [0, 0.1) is 0 Å². The number of benzene rings is 3. The summed E-state index contributed by atoms with van der Waals surface area (Å²) in [4.78, 5) is 25.3. The van der Waals surface area contributed by atoms with E-state index in [0.717, 1.165) is 10.0 Å². The van der Waals surface area contributed by atoms with Gasteiger partial charge in [0, 0.05) is 11.0 Å². The first-order valence-corrected chi connectivity index (χ1v) is 10.5. The highest BCUT2D eigenvalue weighted by molar-refractivity contribution is 9.10. The Morgan fingerprint density at radius 2 is 1.65 bits per heavy atom. The molecule has 0 saturated carbocycles. The SMILES string of the molecule is COc1ccc(Br)cc1C(=O)NC(=S)Nc1ccccc1C(=O)NCc1ccccc1. The van der Waals surface area contributed by atoms with Crippen molar-refractivity contribution in [2.45, 2.75) is 6.54 Å². The number of ether oxygens (including phenoxy) is 1. The Bertz CT molecular complexity index is 1110. The van der Waals surface area contributed by atoms with Gasteiger partial charge in [0.15, 0.2) is 5.11 Å². The zero-order valence-corrected chi connectivity index (χ0v) is 19.0. The molecule has 158 valence electrons. The number of amides is 2. The van der Waals surface area contributed by atoms with Crippen LogP contribution >= 0.6 is 28.1 Å². The predicted molar refractivity (Wildman–Crippen MR) is 128 cm³/mol. The number of hydrogen-bond donors (Lipinski definition) is 3. The summed E-state index contributed by atoms with van der Waals surface area (Å²) >= 11 is 8.63. The number of carbonyl (C=O) groups is 2. The fraction of sp³-hybridized carbons (Fsp3) is 0.0870. The van der Waals surface area contributed by atoms with Crippen molar-refractivity contribution in [1.29, 1.82) is 0 Å².